The average Bonchev–Trinajstić information content (AvgIpc) is 3.01. The van der Waals surface area contributed by atoms with Gasteiger partial charge in [-0.15, -0.1) is 12.4 Å². The quantitative estimate of drug-likeness (QED) is 0.614. The highest BCUT2D eigenvalue weighted by atomic mass is 35.5. The highest BCUT2D eigenvalue weighted by Gasteiger charge is 2.32. The topological polar surface area (TPSA) is 93.9 Å². The normalized spacial score (nSPS) is 16.5. The van der Waals surface area contributed by atoms with Crippen molar-refractivity contribution >= 4 is 24.0 Å². The van der Waals surface area contributed by atoms with Crippen molar-refractivity contribution in [2.75, 3.05) is 40.9 Å². The van der Waals surface area contributed by atoms with Crippen LogP contribution < -0.4 is 14.8 Å². The second-order valence-electron chi connectivity index (χ2n) is 5.44. The van der Waals surface area contributed by atoms with E-state index in [0.717, 1.165) is 13.0 Å². The van der Waals surface area contributed by atoms with Gasteiger partial charge in [-0.2, -0.15) is 0 Å². The van der Waals surface area contributed by atoms with Crippen molar-refractivity contribution in [2.24, 2.45) is 5.92 Å². The van der Waals surface area contributed by atoms with Crippen LogP contribution in [0, 0.1) is 16.0 Å². The largest absolute Gasteiger partial charge is 0.493 e. The molecule has 0 bridgehead atoms. The summed E-state index contributed by atoms with van der Waals surface area (Å²) in [5, 5.41) is 14.4. The number of carbonyl (C=O) groups is 1. The van der Waals surface area contributed by atoms with E-state index in [4.69, 9.17) is 9.47 Å². The van der Waals surface area contributed by atoms with Crippen molar-refractivity contribution in [3.8, 4) is 11.5 Å². The average molecular weight is 360 g/mol. The van der Waals surface area contributed by atoms with E-state index in [0.29, 0.717) is 24.8 Å². The fourth-order valence-corrected chi connectivity index (χ4v) is 2.83. The van der Waals surface area contributed by atoms with Crippen LogP contribution in [0.2, 0.25) is 0 Å². The van der Waals surface area contributed by atoms with E-state index in [1.807, 2.05) is 7.05 Å². The minimum Gasteiger partial charge on any atom is -0.493 e. The van der Waals surface area contributed by atoms with Crippen molar-refractivity contribution in [3.63, 3.8) is 0 Å². The van der Waals surface area contributed by atoms with Crippen LogP contribution in [0.3, 0.4) is 0 Å². The predicted molar refractivity (Wildman–Crippen MR) is 91.4 cm³/mol. The van der Waals surface area contributed by atoms with E-state index in [2.05, 4.69) is 5.32 Å². The van der Waals surface area contributed by atoms with Gasteiger partial charge in [0.25, 0.3) is 11.6 Å². The molecule has 0 saturated carbocycles. The number of methoxy groups -OCH3 is 2. The van der Waals surface area contributed by atoms with Gasteiger partial charge in [0, 0.05) is 19.2 Å². The van der Waals surface area contributed by atoms with E-state index in [-0.39, 0.29) is 35.3 Å². The van der Waals surface area contributed by atoms with E-state index in [9.17, 15) is 14.9 Å². The summed E-state index contributed by atoms with van der Waals surface area (Å²) >= 11 is 0. The zero-order valence-electron chi connectivity index (χ0n) is 13.9. The number of nitro groups is 1. The first-order valence-corrected chi connectivity index (χ1v) is 7.36. The lowest BCUT2D eigenvalue weighted by molar-refractivity contribution is -0.385. The summed E-state index contributed by atoms with van der Waals surface area (Å²) in [5.74, 6) is 0.539. The Kier molecular flexibility index (Phi) is 7.24. The molecule has 1 heterocycles. The van der Waals surface area contributed by atoms with Crippen molar-refractivity contribution in [3.05, 3.63) is 27.8 Å². The number of benzene rings is 1. The lowest BCUT2D eigenvalue weighted by Crippen LogP contribution is -2.30. The fraction of sp³-hybridized carbons (Fsp3) is 0.533. The number of amides is 1. The maximum absolute atomic E-state index is 12.7. The third-order valence-corrected chi connectivity index (χ3v) is 3.99. The van der Waals surface area contributed by atoms with Gasteiger partial charge in [-0.25, -0.2) is 0 Å². The molecule has 1 aliphatic heterocycles. The number of hydrogen-bond acceptors (Lipinski definition) is 6. The molecule has 0 radical (unpaired) electrons. The lowest BCUT2D eigenvalue weighted by atomic mass is 10.1. The number of nitrogens with zero attached hydrogens (tertiary/aromatic N) is 2. The summed E-state index contributed by atoms with van der Waals surface area (Å²) in [6.07, 6.45) is 0.883. The molecule has 8 nitrogen and oxygen atoms in total. The molecule has 1 atom stereocenters. The molecule has 134 valence electrons. The molecule has 0 aromatic heterocycles. The lowest BCUT2D eigenvalue weighted by Gasteiger charge is -2.17. The Hall–Kier alpha value is -2.06. The van der Waals surface area contributed by atoms with Crippen LogP contribution in [0.5, 0.6) is 11.5 Å². The van der Waals surface area contributed by atoms with Crippen LogP contribution in [0.25, 0.3) is 0 Å². The number of nitro benzene ring substituents is 1. The van der Waals surface area contributed by atoms with Gasteiger partial charge < -0.3 is 19.7 Å². The molecule has 1 saturated heterocycles. The number of rotatable bonds is 6. The molecule has 1 unspecified atom stereocenters. The Morgan fingerprint density at radius 1 is 1.38 bits per heavy atom. The number of halogens is 1. The van der Waals surface area contributed by atoms with Gasteiger partial charge in [0.05, 0.1) is 25.2 Å². The second-order valence-corrected chi connectivity index (χ2v) is 5.44. The summed E-state index contributed by atoms with van der Waals surface area (Å²) < 4.78 is 10.2. The second kappa shape index (κ2) is 8.70. The van der Waals surface area contributed by atoms with Gasteiger partial charge in [0.2, 0.25) is 0 Å². The predicted octanol–water partition coefficient (Wildman–Crippen LogP) is 1.72. The molecule has 0 spiro atoms. The SMILES string of the molecule is CNCC1CCN(C(=O)c2cc(OC)c(OC)cc2[N+](=O)[O-])C1.Cl. The first-order valence-electron chi connectivity index (χ1n) is 7.36. The van der Waals surface area contributed by atoms with Crippen LogP contribution in [0.4, 0.5) is 5.69 Å². The molecule has 1 fully saturated rings. The highest BCUT2D eigenvalue weighted by Crippen LogP contribution is 2.35. The van der Waals surface area contributed by atoms with Crippen LogP contribution in [-0.4, -0.2) is 56.6 Å². The maximum Gasteiger partial charge on any atom is 0.286 e. The molecule has 9 heteroatoms. The molecule has 1 amide bonds. The van der Waals surface area contributed by atoms with Gasteiger partial charge in [-0.1, -0.05) is 0 Å². The van der Waals surface area contributed by atoms with Crippen LogP contribution in [0.1, 0.15) is 16.8 Å². The standard InChI is InChI=1S/C15H21N3O5.ClH/c1-16-8-10-4-5-17(9-10)15(19)11-6-13(22-2)14(23-3)7-12(11)18(20)21;/h6-7,10,16H,4-5,8-9H2,1-3H3;1H. The van der Waals surface area contributed by atoms with Crippen LogP contribution >= 0.6 is 12.4 Å². The van der Waals surface area contributed by atoms with E-state index in [1.54, 1.807) is 4.90 Å². The van der Waals surface area contributed by atoms with E-state index in [1.165, 1.54) is 26.4 Å². The number of carbonyl (C=O) groups excluding carboxylic acids is 1. The zero-order valence-corrected chi connectivity index (χ0v) is 14.7. The van der Waals surface area contributed by atoms with Crippen molar-refractivity contribution < 1.29 is 19.2 Å². The van der Waals surface area contributed by atoms with Crippen LogP contribution in [-0.2, 0) is 0 Å². The number of nitrogens with one attached hydrogen (secondary N) is 1. The maximum atomic E-state index is 12.7. The highest BCUT2D eigenvalue weighted by molar-refractivity contribution is 5.99. The molecule has 0 aliphatic carbocycles. The summed E-state index contributed by atoms with van der Waals surface area (Å²) in [6, 6.07) is 2.61. The summed E-state index contributed by atoms with van der Waals surface area (Å²) in [4.78, 5) is 25.1. The molecular formula is C15H22ClN3O5. The van der Waals surface area contributed by atoms with Crippen molar-refractivity contribution in [1.29, 1.82) is 0 Å². The Morgan fingerprint density at radius 3 is 2.54 bits per heavy atom. The number of ether oxygens (including phenoxy) is 2. The van der Waals surface area contributed by atoms with Crippen molar-refractivity contribution in [1.82, 2.24) is 10.2 Å². The summed E-state index contributed by atoms with van der Waals surface area (Å²) in [7, 11) is 4.69. The minimum atomic E-state index is -0.573. The van der Waals surface area contributed by atoms with Crippen LogP contribution in [0.15, 0.2) is 12.1 Å². The third kappa shape index (κ3) is 4.07. The van der Waals surface area contributed by atoms with Gasteiger partial charge in [0.1, 0.15) is 5.56 Å². The smallest absolute Gasteiger partial charge is 0.286 e. The molecule has 1 aromatic carbocycles. The van der Waals surface area contributed by atoms with E-state index < -0.39 is 4.92 Å². The Balaban J connectivity index is 0.00000288. The molecule has 2 rings (SSSR count). The first kappa shape index (κ1) is 20.0. The summed E-state index contributed by atoms with van der Waals surface area (Å²) in [5.41, 5.74) is -0.248. The number of likely N-dealkylation sites (tertiary alicyclic amines) is 1. The third-order valence-electron chi connectivity index (χ3n) is 3.99. The minimum absolute atomic E-state index is 0. The fourth-order valence-electron chi connectivity index (χ4n) is 2.83. The monoisotopic (exact) mass is 359 g/mol. The zero-order chi connectivity index (χ0) is 17.0. The number of hydrogen-bond donors (Lipinski definition) is 1. The molecule has 1 aromatic rings. The Bertz CT molecular complexity index is 611. The molecule has 1 aliphatic rings. The molecular weight excluding hydrogens is 338 g/mol. The Labute approximate surface area is 146 Å². The van der Waals surface area contributed by atoms with Gasteiger partial charge in [0.15, 0.2) is 11.5 Å². The van der Waals surface area contributed by atoms with Gasteiger partial charge >= 0.3 is 0 Å². The molecule has 24 heavy (non-hydrogen) atoms. The first-order chi connectivity index (χ1) is 11.0. The van der Waals surface area contributed by atoms with Crippen molar-refractivity contribution in [2.45, 2.75) is 6.42 Å². The Morgan fingerprint density at radius 2 is 2.00 bits per heavy atom. The molecule has 1 N–H and O–H groups in total. The van der Waals surface area contributed by atoms with E-state index >= 15 is 0 Å². The summed E-state index contributed by atoms with van der Waals surface area (Å²) in [6.45, 7) is 2.00. The van der Waals surface area contributed by atoms with Gasteiger partial charge in [-0.3, -0.25) is 14.9 Å². The van der Waals surface area contributed by atoms with Gasteiger partial charge in [-0.05, 0) is 25.9 Å².